The van der Waals surface area contributed by atoms with Gasteiger partial charge in [-0.25, -0.2) is 0 Å². The lowest BCUT2D eigenvalue weighted by molar-refractivity contribution is 0.0317. The normalized spacial score (nSPS) is 20.4. The number of anilines is 2. The van der Waals surface area contributed by atoms with Crippen molar-refractivity contribution in [1.29, 1.82) is 0 Å². The molecule has 1 atom stereocenters. The summed E-state index contributed by atoms with van der Waals surface area (Å²) in [7, 11) is 0. The van der Waals surface area contributed by atoms with Crippen molar-refractivity contribution in [3.8, 4) is 6.01 Å². The molecule has 0 amide bonds. The summed E-state index contributed by atoms with van der Waals surface area (Å²) < 4.78 is 11.5. The van der Waals surface area contributed by atoms with Crippen LogP contribution in [0.5, 0.6) is 6.01 Å². The number of hydrogen-bond acceptors (Lipinski definition) is 8. The maximum Gasteiger partial charge on any atom is 0.320 e. The minimum atomic E-state index is 0.428. The zero-order valence-electron chi connectivity index (χ0n) is 21.7. The molecule has 2 heterocycles. The van der Waals surface area contributed by atoms with Gasteiger partial charge >= 0.3 is 6.01 Å². The van der Waals surface area contributed by atoms with Gasteiger partial charge in [0.1, 0.15) is 12.4 Å². The summed E-state index contributed by atoms with van der Waals surface area (Å²) in [6, 6.07) is 2.45. The van der Waals surface area contributed by atoms with Crippen LogP contribution < -0.4 is 15.1 Å². The van der Waals surface area contributed by atoms with Crippen LogP contribution in [0.3, 0.4) is 0 Å². The Bertz CT molecular complexity index is 732. The molecule has 0 spiro atoms. The Labute approximate surface area is 206 Å². The van der Waals surface area contributed by atoms with E-state index in [0.717, 1.165) is 76.8 Å². The van der Waals surface area contributed by atoms with Crippen LogP contribution in [0.25, 0.3) is 0 Å². The highest BCUT2D eigenvalue weighted by atomic mass is 16.5. The Morgan fingerprint density at radius 2 is 1.91 bits per heavy atom. The van der Waals surface area contributed by atoms with Gasteiger partial charge in [0.2, 0.25) is 0 Å². The molecule has 192 valence electrons. The molecule has 1 saturated heterocycles. The molecular formula is C26H46N6O2. The quantitative estimate of drug-likeness (QED) is 0.382. The number of hydrazone groups is 1. The highest BCUT2D eigenvalue weighted by molar-refractivity contribution is 5.88. The van der Waals surface area contributed by atoms with Crippen molar-refractivity contribution in [1.82, 2.24) is 14.9 Å². The van der Waals surface area contributed by atoms with Gasteiger partial charge in [-0.15, -0.1) is 0 Å². The number of rotatable bonds is 14. The summed E-state index contributed by atoms with van der Waals surface area (Å²) in [6.45, 7) is 13.5. The van der Waals surface area contributed by atoms with Crippen LogP contribution in [0.2, 0.25) is 0 Å². The first-order chi connectivity index (χ1) is 16.7. The van der Waals surface area contributed by atoms with Crippen molar-refractivity contribution in [2.75, 3.05) is 62.9 Å². The number of aromatic nitrogens is 2. The maximum atomic E-state index is 6.04. The fourth-order valence-electron chi connectivity index (χ4n) is 4.77. The van der Waals surface area contributed by atoms with E-state index in [2.05, 4.69) is 41.0 Å². The third-order valence-electron chi connectivity index (χ3n) is 6.67. The molecule has 0 unspecified atom stereocenters. The van der Waals surface area contributed by atoms with Gasteiger partial charge in [0.25, 0.3) is 0 Å². The Morgan fingerprint density at radius 3 is 2.65 bits per heavy atom. The third-order valence-corrected chi connectivity index (χ3v) is 6.67. The maximum absolute atomic E-state index is 6.04. The second-order valence-electron chi connectivity index (χ2n) is 9.48. The molecule has 1 N–H and O–H groups in total. The lowest BCUT2D eigenvalue weighted by atomic mass is 9.84. The molecule has 1 aromatic rings. The van der Waals surface area contributed by atoms with E-state index in [1.54, 1.807) is 0 Å². The Morgan fingerprint density at radius 1 is 1.12 bits per heavy atom. The van der Waals surface area contributed by atoms with Crippen molar-refractivity contribution in [2.45, 2.75) is 78.6 Å². The van der Waals surface area contributed by atoms with Crippen molar-refractivity contribution >= 4 is 17.3 Å². The first-order valence-corrected chi connectivity index (χ1v) is 13.6. The zero-order valence-corrected chi connectivity index (χ0v) is 21.7. The summed E-state index contributed by atoms with van der Waals surface area (Å²) >= 11 is 0. The van der Waals surface area contributed by atoms with Crippen LogP contribution in [0, 0.1) is 5.92 Å². The van der Waals surface area contributed by atoms with Crippen molar-refractivity contribution in [2.24, 2.45) is 11.0 Å². The van der Waals surface area contributed by atoms with Gasteiger partial charge in [0, 0.05) is 44.5 Å². The van der Waals surface area contributed by atoms with Crippen LogP contribution in [-0.2, 0) is 4.74 Å². The number of unbranched alkanes of at least 4 members (excludes halogenated alkanes) is 1. The number of morpholine rings is 1. The van der Waals surface area contributed by atoms with Crippen LogP contribution >= 0.6 is 0 Å². The number of hydrogen-bond donors (Lipinski definition) is 1. The fraction of sp³-hybridized carbons (Fsp3) is 0.808. The molecular weight excluding hydrogens is 428 g/mol. The molecule has 0 aromatic carbocycles. The largest absolute Gasteiger partial charge is 0.462 e. The van der Waals surface area contributed by atoms with Crippen LogP contribution in [0.4, 0.5) is 11.6 Å². The van der Waals surface area contributed by atoms with Gasteiger partial charge in [-0.2, -0.15) is 15.1 Å². The first-order valence-electron chi connectivity index (χ1n) is 13.6. The average molecular weight is 475 g/mol. The monoisotopic (exact) mass is 474 g/mol. The van der Waals surface area contributed by atoms with Gasteiger partial charge < -0.3 is 14.4 Å². The SMILES string of the molecule is CCCC[C@H]1CCCC/C1=N\Nc1cc(N(CCC)CCC)nc(OCCN2CCOCC2)n1. The lowest BCUT2D eigenvalue weighted by Crippen LogP contribution is -2.38. The summed E-state index contributed by atoms with van der Waals surface area (Å²) in [4.78, 5) is 14.1. The van der Waals surface area contributed by atoms with E-state index in [-0.39, 0.29) is 0 Å². The van der Waals surface area contributed by atoms with E-state index in [4.69, 9.17) is 19.6 Å². The third kappa shape index (κ3) is 8.69. The molecule has 0 bridgehead atoms. The highest BCUT2D eigenvalue weighted by Gasteiger charge is 2.20. The number of nitrogens with zero attached hydrogens (tertiary/aromatic N) is 5. The molecule has 1 aromatic heterocycles. The van der Waals surface area contributed by atoms with Crippen molar-refractivity contribution in [3.63, 3.8) is 0 Å². The molecule has 34 heavy (non-hydrogen) atoms. The van der Waals surface area contributed by atoms with Crippen molar-refractivity contribution < 1.29 is 9.47 Å². The van der Waals surface area contributed by atoms with Gasteiger partial charge in [-0.3, -0.25) is 10.3 Å². The van der Waals surface area contributed by atoms with Gasteiger partial charge in [-0.05, 0) is 44.4 Å². The Kier molecular flexibility index (Phi) is 11.9. The summed E-state index contributed by atoms with van der Waals surface area (Å²) in [6.07, 6.45) is 10.8. The Hall–Kier alpha value is -1.93. The predicted octanol–water partition coefficient (Wildman–Crippen LogP) is 4.96. The van der Waals surface area contributed by atoms with Crippen LogP contribution in [-0.4, -0.2) is 73.1 Å². The van der Waals surface area contributed by atoms with E-state index >= 15 is 0 Å². The fourth-order valence-corrected chi connectivity index (χ4v) is 4.77. The average Bonchev–Trinajstić information content (AvgIpc) is 2.87. The minimum Gasteiger partial charge on any atom is -0.462 e. The van der Waals surface area contributed by atoms with E-state index in [1.165, 1.54) is 44.2 Å². The molecule has 2 fully saturated rings. The molecule has 1 aliphatic heterocycles. The Balaban J connectivity index is 1.72. The second-order valence-corrected chi connectivity index (χ2v) is 9.48. The number of ether oxygens (including phenoxy) is 2. The van der Waals surface area contributed by atoms with E-state index in [9.17, 15) is 0 Å². The predicted molar refractivity (Wildman–Crippen MR) is 140 cm³/mol. The standard InChI is InChI=1S/C26H46N6O2/c1-4-7-10-22-11-8-9-12-23(22)29-30-24-21-25(32(13-5-2)14-6-3)28-26(27-24)34-20-17-31-15-18-33-19-16-31/h21-22H,4-20H2,1-3H3,(H,27,28,30)/b29-23+/t22-/m0/s1. The topological polar surface area (TPSA) is 75.1 Å². The smallest absolute Gasteiger partial charge is 0.320 e. The molecule has 8 heteroatoms. The highest BCUT2D eigenvalue weighted by Crippen LogP contribution is 2.27. The zero-order chi connectivity index (χ0) is 24.0. The first kappa shape index (κ1) is 26.7. The van der Waals surface area contributed by atoms with E-state index in [1.807, 2.05) is 6.07 Å². The summed E-state index contributed by atoms with van der Waals surface area (Å²) in [5.74, 6) is 2.23. The molecule has 1 aliphatic carbocycles. The van der Waals surface area contributed by atoms with Crippen LogP contribution in [0.15, 0.2) is 11.2 Å². The summed E-state index contributed by atoms with van der Waals surface area (Å²) in [5.41, 5.74) is 4.58. The van der Waals surface area contributed by atoms with Crippen molar-refractivity contribution in [3.05, 3.63) is 6.07 Å². The molecule has 2 aliphatic rings. The summed E-state index contributed by atoms with van der Waals surface area (Å²) in [5, 5.41) is 4.86. The molecule has 1 saturated carbocycles. The minimum absolute atomic E-state index is 0.428. The second kappa shape index (κ2) is 15.1. The van der Waals surface area contributed by atoms with E-state index in [0.29, 0.717) is 18.5 Å². The van der Waals surface area contributed by atoms with Gasteiger partial charge in [-0.1, -0.05) is 40.0 Å². The molecule has 3 rings (SSSR count). The van der Waals surface area contributed by atoms with Gasteiger partial charge in [0.05, 0.1) is 13.2 Å². The molecule has 8 nitrogen and oxygen atoms in total. The lowest BCUT2D eigenvalue weighted by Gasteiger charge is -2.26. The molecule has 0 radical (unpaired) electrons. The van der Waals surface area contributed by atoms with E-state index < -0.39 is 0 Å². The van der Waals surface area contributed by atoms with Crippen LogP contribution in [0.1, 0.15) is 78.6 Å². The number of nitrogens with one attached hydrogen (secondary N) is 1. The van der Waals surface area contributed by atoms with Gasteiger partial charge in [0.15, 0.2) is 5.82 Å².